The zero-order chi connectivity index (χ0) is 15.8. The first-order chi connectivity index (χ1) is 9.81. The number of nitrogens with two attached hydrogens (primary N) is 1. The summed E-state index contributed by atoms with van der Waals surface area (Å²) in [5.41, 5.74) is 4.81. The normalized spacial score (nSPS) is 17.7. The van der Waals surface area contributed by atoms with Crippen molar-refractivity contribution in [2.24, 2.45) is 11.1 Å². The number of primary amides is 1. The van der Waals surface area contributed by atoms with Gasteiger partial charge in [0.25, 0.3) is 0 Å². The quantitative estimate of drug-likeness (QED) is 0.910. The van der Waals surface area contributed by atoms with E-state index in [1.165, 1.54) is 14.2 Å². The number of amides is 1. The van der Waals surface area contributed by atoms with Gasteiger partial charge < -0.3 is 19.9 Å². The van der Waals surface area contributed by atoms with Gasteiger partial charge in [-0.15, -0.1) is 0 Å². The van der Waals surface area contributed by atoms with Crippen LogP contribution in [0.25, 0.3) is 0 Å². The van der Waals surface area contributed by atoms with Gasteiger partial charge in [-0.1, -0.05) is 0 Å². The zero-order valence-corrected chi connectivity index (χ0v) is 12.6. The lowest BCUT2D eigenvalue weighted by Crippen LogP contribution is -2.47. The van der Waals surface area contributed by atoms with Crippen LogP contribution in [0.3, 0.4) is 0 Å². The summed E-state index contributed by atoms with van der Waals surface area (Å²) < 4.78 is 16.2. The standard InChI is InChI=1S/C15H19NO5/c1-15(2,14(16)18)12-7-9(17)13-10(20-4)5-8(19-3)6-11(13)21-12/h5-6,12H,7H2,1-4H3,(H2,16,18). The Kier molecular flexibility index (Phi) is 3.80. The van der Waals surface area contributed by atoms with Gasteiger partial charge in [-0.25, -0.2) is 0 Å². The molecule has 0 spiro atoms. The highest BCUT2D eigenvalue weighted by Gasteiger charge is 2.42. The second-order valence-corrected chi connectivity index (χ2v) is 5.52. The smallest absolute Gasteiger partial charge is 0.226 e. The van der Waals surface area contributed by atoms with E-state index < -0.39 is 17.4 Å². The highest BCUT2D eigenvalue weighted by atomic mass is 16.5. The maximum Gasteiger partial charge on any atom is 0.226 e. The second kappa shape index (κ2) is 5.27. The number of fused-ring (bicyclic) bond motifs is 1. The number of benzene rings is 1. The van der Waals surface area contributed by atoms with Gasteiger partial charge in [0, 0.05) is 18.6 Å². The van der Waals surface area contributed by atoms with Crippen molar-refractivity contribution in [2.75, 3.05) is 14.2 Å². The molecule has 1 aliphatic heterocycles. The van der Waals surface area contributed by atoms with E-state index in [0.717, 1.165) is 0 Å². The average molecular weight is 293 g/mol. The fourth-order valence-corrected chi connectivity index (χ4v) is 2.24. The Morgan fingerprint density at radius 1 is 1.33 bits per heavy atom. The van der Waals surface area contributed by atoms with Crippen molar-refractivity contribution in [3.63, 3.8) is 0 Å². The first kappa shape index (κ1) is 15.2. The Morgan fingerprint density at radius 3 is 2.52 bits per heavy atom. The Labute approximate surface area is 123 Å². The van der Waals surface area contributed by atoms with Gasteiger partial charge in [-0.05, 0) is 13.8 Å². The molecule has 6 heteroatoms. The number of hydrogen-bond acceptors (Lipinski definition) is 5. The minimum atomic E-state index is -0.955. The van der Waals surface area contributed by atoms with Gasteiger partial charge in [-0.2, -0.15) is 0 Å². The van der Waals surface area contributed by atoms with E-state index in [0.29, 0.717) is 22.8 Å². The second-order valence-electron chi connectivity index (χ2n) is 5.52. The molecule has 0 saturated carbocycles. The predicted molar refractivity (Wildman–Crippen MR) is 75.9 cm³/mol. The van der Waals surface area contributed by atoms with Crippen LogP contribution in [0.4, 0.5) is 0 Å². The molecule has 6 nitrogen and oxygen atoms in total. The molecule has 1 atom stereocenters. The number of carbonyl (C=O) groups excluding carboxylic acids is 2. The molecule has 0 aliphatic carbocycles. The molecule has 1 heterocycles. The van der Waals surface area contributed by atoms with E-state index in [1.54, 1.807) is 26.0 Å². The topological polar surface area (TPSA) is 87.8 Å². The molecule has 0 saturated heterocycles. The molecule has 1 unspecified atom stereocenters. The van der Waals surface area contributed by atoms with Crippen LogP contribution in [0.5, 0.6) is 17.2 Å². The molecule has 2 rings (SSSR count). The summed E-state index contributed by atoms with van der Waals surface area (Å²) in [4.78, 5) is 24.0. The maximum atomic E-state index is 12.4. The molecule has 2 N–H and O–H groups in total. The molecule has 114 valence electrons. The Balaban J connectivity index is 2.48. The summed E-state index contributed by atoms with van der Waals surface area (Å²) in [6.07, 6.45) is -0.544. The molecule has 1 aromatic rings. The highest BCUT2D eigenvalue weighted by Crippen LogP contribution is 2.41. The van der Waals surface area contributed by atoms with Gasteiger partial charge in [0.1, 0.15) is 28.9 Å². The van der Waals surface area contributed by atoms with E-state index in [-0.39, 0.29) is 12.2 Å². The average Bonchev–Trinajstić information content (AvgIpc) is 2.45. The summed E-state index contributed by atoms with van der Waals surface area (Å²) in [7, 11) is 2.98. The van der Waals surface area contributed by atoms with Crippen molar-refractivity contribution in [1.29, 1.82) is 0 Å². The van der Waals surface area contributed by atoms with Crippen LogP contribution in [-0.2, 0) is 4.79 Å². The summed E-state index contributed by atoms with van der Waals surface area (Å²) >= 11 is 0. The third-order valence-corrected chi connectivity index (χ3v) is 3.85. The SMILES string of the molecule is COc1cc(OC)c2c(c1)OC(C(C)(C)C(N)=O)CC2=O. The summed E-state index contributed by atoms with van der Waals surface area (Å²) in [6, 6.07) is 3.23. The number of ketones is 1. The third kappa shape index (κ3) is 2.53. The van der Waals surface area contributed by atoms with E-state index >= 15 is 0 Å². The number of methoxy groups -OCH3 is 2. The minimum absolute atomic E-state index is 0.0750. The van der Waals surface area contributed by atoms with E-state index in [1.807, 2.05) is 0 Å². The van der Waals surface area contributed by atoms with Crippen molar-refractivity contribution >= 4 is 11.7 Å². The molecule has 1 amide bonds. The molecular weight excluding hydrogens is 274 g/mol. The third-order valence-electron chi connectivity index (χ3n) is 3.85. The van der Waals surface area contributed by atoms with Gasteiger partial charge >= 0.3 is 0 Å². The minimum Gasteiger partial charge on any atom is -0.496 e. The summed E-state index contributed by atoms with van der Waals surface area (Å²) in [5, 5.41) is 0. The number of Topliss-reactive ketones (excluding diaryl/α,β-unsaturated/α-hetero) is 1. The van der Waals surface area contributed by atoms with Gasteiger partial charge in [0.2, 0.25) is 5.91 Å². The van der Waals surface area contributed by atoms with Crippen molar-refractivity contribution in [2.45, 2.75) is 26.4 Å². The lowest BCUT2D eigenvalue weighted by atomic mass is 9.81. The van der Waals surface area contributed by atoms with E-state index in [4.69, 9.17) is 19.9 Å². The van der Waals surface area contributed by atoms with Crippen LogP contribution in [0, 0.1) is 5.41 Å². The van der Waals surface area contributed by atoms with Crippen LogP contribution >= 0.6 is 0 Å². The number of hydrogen-bond donors (Lipinski definition) is 1. The Bertz CT molecular complexity index is 594. The molecule has 21 heavy (non-hydrogen) atoms. The lowest BCUT2D eigenvalue weighted by Gasteiger charge is -2.35. The number of ether oxygens (including phenoxy) is 3. The summed E-state index contributed by atoms with van der Waals surface area (Å²) in [5.74, 6) is 0.594. The molecule has 1 aromatic carbocycles. The van der Waals surface area contributed by atoms with Gasteiger partial charge in [-0.3, -0.25) is 9.59 Å². The van der Waals surface area contributed by atoms with Crippen molar-refractivity contribution in [1.82, 2.24) is 0 Å². The maximum absolute atomic E-state index is 12.4. The van der Waals surface area contributed by atoms with Crippen LogP contribution in [-0.4, -0.2) is 32.0 Å². The first-order valence-corrected chi connectivity index (χ1v) is 6.57. The summed E-state index contributed by atoms with van der Waals surface area (Å²) in [6.45, 7) is 3.32. The zero-order valence-electron chi connectivity index (χ0n) is 12.6. The number of carbonyl (C=O) groups is 2. The first-order valence-electron chi connectivity index (χ1n) is 6.57. The van der Waals surface area contributed by atoms with Crippen LogP contribution in [0.1, 0.15) is 30.6 Å². The van der Waals surface area contributed by atoms with Crippen molar-refractivity contribution in [3.8, 4) is 17.2 Å². The molecule has 0 aromatic heterocycles. The molecule has 0 fully saturated rings. The Morgan fingerprint density at radius 2 is 2.00 bits per heavy atom. The van der Waals surface area contributed by atoms with Gasteiger partial charge in [0.05, 0.1) is 19.6 Å². The van der Waals surface area contributed by atoms with Crippen LogP contribution in [0.2, 0.25) is 0 Å². The highest BCUT2D eigenvalue weighted by molar-refractivity contribution is 6.03. The number of rotatable bonds is 4. The Hall–Kier alpha value is -2.24. The fourth-order valence-electron chi connectivity index (χ4n) is 2.24. The molecule has 1 aliphatic rings. The van der Waals surface area contributed by atoms with E-state index in [2.05, 4.69) is 0 Å². The predicted octanol–water partition coefficient (Wildman–Crippen LogP) is 1.55. The molecule has 0 radical (unpaired) electrons. The van der Waals surface area contributed by atoms with Crippen molar-refractivity contribution < 1.29 is 23.8 Å². The van der Waals surface area contributed by atoms with Crippen LogP contribution < -0.4 is 19.9 Å². The molecular formula is C15H19NO5. The monoisotopic (exact) mass is 293 g/mol. The molecule has 0 bridgehead atoms. The fraction of sp³-hybridized carbons (Fsp3) is 0.467. The lowest BCUT2D eigenvalue weighted by molar-refractivity contribution is -0.130. The van der Waals surface area contributed by atoms with E-state index in [9.17, 15) is 9.59 Å². The largest absolute Gasteiger partial charge is 0.496 e. The van der Waals surface area contributed by atoms with Crippen LogP contribution in [0.15, 0.2) is 12.1 Å². The van der Waals surface area contributed by atoms with Gasteiger partial charge in [0.15, 0.2) is 5.78 Å². The van der Waals surface area contributed by atoms with Crippen molar-refractivity contribution in [3.05, 3.63) is 17.7 Å².